The molecule has 1 unspecified atom stereocenters. The van der Waals surface area contributed by atoms with Crippen molar-refractivity contribution in [2.24, 2.45) is 0 Å². The summed E-state index contributed by atoms with van der Waals surface area (Å²) in [5.41, 5.74) is 1.62. The van der Waals surface area contributed by atoms with E-state index in [-0.39, 0.29) is 10.9 Å². The Balaban J connectivity index is 2.38. The van der Waals surface area contributed by atoms with Crippen LogP contribution in [0.4, 0.5) is 0 Å². The number of methoxy groups -OCH3 is 1. The lowest BCUT2D eigenvalue weighted by Gasteiger charge is -2.10. The van der Waals surface area contributed by atoms with Crippen LogP contribution in [-0.4, -0.2) is 25.5 Å². The maximum atomic E-state index is 12.6. The van der Waals surface area contributed by atoms with Crippen LogP contribution in [0, 0.1) is 6.92 Å². The van der Waals surface area contributed by atoms with Crippen LogP contribution in [0.5, 0.6) is 0 Å². The van der Waals surface area contributed by atoms with Crippen LogP contribution in [0.2, 0.25) is 0 Å². The molecule has 6 heteroatoms. The molecule has 5 nitrogen and oxygen atoms in total. The van der Waals surface area contributed by atoms with E-state index in [1.165, 1.54) is 19.5 Å². The van der Waals surface area contributed by atoms with E-state index in [1.807, 2.05) is 13.8 Å². The summed E-state index contributed by atoms with van der Waals surface area (Å²) < 4.78 is 31.0. The van der Waals surface area contributed by atoms with Crippen molar-refractivity contribution in [3.63, 3.8) is 0 Å². The number of benzene rings is 1. The fraction of sp³-hybridized carbons (Fsp3) is 0.312. The van der Waals surface area contributed by atoms with Crippen LogP contribution in [0.15, 0.2) is 47.6 Å². The first-order chi connectivity index (χ1) is 10.4. The number of aryl methyl sites for hydroxylation is 1. The number of esters is 1. The highest BCUT2D eigenvalue weighted by atomic mass is 32.2. The molecule has 1 heterocycles. The lowest BCUT2D eigenvalue weighted by molar-refractivity contribution is -0.142. The van der Waals surface area contributed by atoms with Crippen molar-refractivity contribution in [1.29, 1.82) is 0 Å². The van der Waals surface area contributed by atoms with E-state index in [0.717, 1.165) is 9.54 Å². The Morgan fingerprint density at radius 3 is 2.41 bits per heavy atom. The first-order valence-corrected chi connectivity index (χ1v) is 8.42. The predicted molar refractivity (Wildman–Crippen MR) is 83.2 cm³/mol. The monoisotopic (exact) mass is 321 g/mol. The second kappa shape index (κ2) is 6.36. The molecular formula is C16H19NO4S. The zero-order valence-electron chi connectivity index (χ0n) is 12.8. The Morgan fingerprint density at radius 1 is 1.23 bits per heavy atom. The van der Waals surface area contributed by atoms with Gasteiger partial charge in [-0.1, -0.05) is 24.6 Å². The average Bonchev–Trinajstić information content (AvgIpc) is 2.98. The van der Waals surface area contributed by atoms with Gasteiger partial charge < -0.3 is 4.74 Å². The molecule has 0 aliphatic rings. The van der Waals surface area contributed by atoms with Gasteiger partial charge in [-0.2, -0.15) is 0 Å². The van der Waals surface area contributed by atoms with Crippen LogP contribution in [0.1, 0.15) is 30.4 Å². The van der Waals surface area contributed by atoms with Crippen molar-refractivity contribution in [3.05, 3.63) is 53.9 Å². The highest BCUT2D eigenvalue weighted by Crippen LogP contribution is 2.23. The normalized spacial score (nSPS) is 12.9. The maximum absolute atomic E-state index is 12.6. The lowest BCUT2D eigenvalue weighted by atomic mass is 10.00. The van der Waals surface area contributed by atoms with Crippen LogP contribution in [0.25, 0.3) is 0 Å². The minimum absolute atomic E-state index is 0.214. The van der Waals surface area contributed by atoms with Crippen molar-refractivity contribution >= 4 is 16.0 Å². The SMILES string of the molecule is CCC(C(=O)OC)c1ccn(S(=O)(=O)c2ccc(C)cc2)c1. The molecule has 0 fully saturated rings. The van der Waals surface area contributed by atoms with E-state index in [4.69, 9.17) is 4.74 Å². The molecule has 1 aromatic heterocycles. The van der Waals surface area contributed by atoms with E-state index < -0.39 is 15.9 Å². The van der Waals surface area contributed by atoms with Crippen molar-refractivity contribution in [3.8, 4) is 0 Å². The minimum Gasteiger partial charge on any atom is -0.469 e. The largest absolute Gasteiger partial charge is 0.469 e. The number of aromatic nitrogens is 1. The molecule has 0 aliphatic heterocycles. The highest BCUT2D eigenvalue weighted by molar-refractivity contribution is 7.90. The molecule has 0 radical (unpaired) electrons. The zero-order valence-corrected chi connectivity index (χ0v) is 13.6. The summed E-state index contributed by atoms with van der Waals surface area (Å²) >= 11 is 0. The molecule has 0 saturated carbocycles. The minimum atomic E-state index is -3.64. The van der Waals surface area contributed by atoms with Crippen LogP contribution in [-0.2, 0) is 19.6 Å². The quantitative estimate of drug-likeness (QED) is 0.794. The van der Waals surface area contributed by atoms with Crippen molar-refractivity contribution in [2.75, 3.05) is 7.11 Å². The zero-order chi connectivity index (χ0) is 16.3. The van der Waals surface area contributed by atoms with Gasteiger partial charge in [-0.3, -0.25) is 4.79 Å². The van der Waals surface area contributed by atoms with E-state index >= 15 is 0 Å². The Kier molecular flexibility index (Phi) is 4.71. The van der Waals surface area contributed by atoms with Crippen molar-refractivity contribution < 1.29 is 17.9 Å². The Bertz CT molecular complexity index is 760. The molecule has 0 saturated heterocycles. The van der Waals surface area contributed by atoms with Crippen LogP contribution >= 0.6 is 0 Å². The Hall–Kier alpha value is -2.08. The van der Waals surface area contributed by atoms with E-state index in [2.05, 4.69) is 0 Å². The number of nitrogens with zero attached hydrogens (tertiary/aromatic N) is 1. The average molecular weight is 321 g/mol. The molecule has 0 N–H and O–H groups in total. The number of rotatable bonds is 5. The summed E-state index contributed by atoms with van der Waals surface area (Å²) in [6, 6.07) is 8.28. The lowest BCUT2D eigenvalue weighted by Crippen LogP contribution is -2.14. The molecule has 118 valence electrons. The van der Waals surface area contributed by atoms with Gasteiger partial charge in [0.2, 0.25) is 0 Å². The van der Waals surface area contributed by atoms with Gasteiger partial charge in [0.15, 0.2) is 0 Å². The second-order valence-corrected chi connectivity index (χ2v) is 6.92. The maximum Gasteiger partial charge on any atom is 0.313 e. The summed E-state index contributed by atoms with van der Waals surface area (Å²) in [4.78, 5) is 11.9. The topological polar surface area (TPSA) is 65.4 Å². The molecule has 1 aromatic carbocycles. The first kappa shape index (κ1) is 16.3. The number of hydrogen-bond donors (Lipinski definition) is 0. The van der Waals surface area contributed by atoms with Crippen LogP contribution in [0.3, 0.4) is 0 Å². The van der Waals surface area contributed by atoms with Crippen molar-refractivity contribution in [1.82, 2.24) is 3.97 Å². The molecule has 0 bridgehead atoms. The van der Waals surface area contributed by atoms with Crippen molar-refractivity contribution in [2.45, 2.75) is 31.1 Å². The highest BCUT2D eigenvalue weighted by Gasteiger charge is 2.23. The molecule has 2 aromatic rings. The van der Waals surface area contributed by atoms with E-state index in [1.54, 1.807) is 30.3 Å². The van der Waals surface area contributed by atoms with Gasteiger partial charge in [0.25, 0.3) is 10.0 Å². The molecule has 0 amide bonds. The summed E-state index contributed by atoms with van der Waals surface area (Å²) in [6.45, 7) is 3.75. The molecule has 0 spiro atoms. The third-order valence-electron chi connectivity index (χ3n) is 3.58. The van der Waals surface area contributed by atoms with Gasteiger partial charge in [0.05, 0.1) is 17.9 Å². The summed E-state index contributed by atoms with van der Waals surface area (Å²) in [5, 5.41) is 0. The predicted octanol–water partition coefficient (Wildman–Crippen LogP) is 2.70. The molecule has 0 aliphatic carbocycles. The number of ether oxygens (including phenoxy) is 1. The Labute approximate surface area is 130 Å². The first-order valence-electron chi connectivity index (χ1n) is 6.98. The number of hydrogen-bond acceptors (Lipinski definition) is 4. The van der Waals surface area contributed by atoms with Gasteiger partial charge in [-0.15, -0.1) is 0 Å². The van der Waals surface area contributed by atoms with Gasteiger partial charge in [0, 0.05) is 12.4 Å². The van der Waals surface area contributed by atoms with Crippen LogP contribution < -0.4 is 0 Å². The summed E-state index contributed by atoms with van der Waals surface area (Å²) in [6.07, 6.45) is 3.47. The third kappa shape index (κ3) is 3.06. The van der Waals surface area contributed by atoms with Gasteiger partial charge in [-0.05, 0) is 37.1 Å². The Morgan fingerprint density at radius 2 is 1.86 bits per heavy atom. The van der Waals surface area contributed by atoms with E-state index in [0.29, 0.717) is 12.0 Å². The standard InChI is InChI=1S/C16H19NO4S/c1-4-15(16(18)21-3)13-9-10-17(11-13)22(19,20)14-7-5-12(2)6-8-14/h5-11,15H,4H2,1-3H3. The molecule has 2 rings (SSSR count). The van der Waals surface area contributed by atoms with Gasteiger partial charge in [0.1, 0.15) is 0 Å². The molecule has 1 atom stereocenters. The second-order valence-electron chi connectivity index (χ2n) is 5.08. The van der Waals surface area contributed by atoms with E-state index in [9.17, 15) is 13.2 Å². The molecular weight excluding hydrogens is 302 g/mol. The summed E-state index contributed by atoms with van der Waals surface area (Å²) in [5.74, 6) is -0.826. The fourth-order valence-electron chi connectivity index (χ4n) is 2.26. The molecule has 22 heavy (non-hydrogen) atoms. The fourth-order valence-corrected chi connectivity index (χ4v) is 3.47. The smallest absolute Gasteiger partial charge is 0.313 e. The number of carbonyl (C=O) groups excluding carboxylic acids is 1. The van der Waals surface area contributed by atoms with Gasteiger partial charge in [-0.25, -0.2) is 12.4 Å². The third-order valence-corrected chi connectivity index (χ3v) is 5.23. The summed E-state index contributed by atoms with van der Waals surface area (Å²) in [7, 11) is -2.32. The number of carbonyl (C=O) groups is 1. The van der Waals surface area contributed by atoms with Gasteiger partial charge >= 0.3 is 5.97 Å².